The Kier molecular flexibility index (Phi) is 3.87. The summed E-state index contributed by atoms with van der Waals surface area (Å²) in [5, 5.41) is 2.23. The van der Waals surface area contributed by atoms with Gasteiger partial charge in [0.2, 0.25) is 0 Å². The molecule has 1 fully saturated rings. The van der Waals surface area contributed by atoms with Crippen LogP contribution in [0.2, 0.25) is 10.0 Å². The van der Waals surface area contributed by atoms with Crippen LogP contribution < -0.4 is 0 Å². The molecule has 5 rings (SSSR count). The van der Waals surface area contributed by atoms with Crippen molar-refractivity contribution in [3.05, 3.63) is 64.5 Å². The predicted molar refractivity (Wildman–Crippen MR) is 108 cm³/mol. The van der Waals surface area contributed by atoms with E-state index in [1.165, 1.54) is 25.7 Å². The Bertz CT molecular complexity index is 1130. The summed E-state index contributed by atoms with van der Waals surface area (Å²) in [4.78, 5) is 9.59. The maximum absolute atomic E-state index is 6.33. The first kappa shape index (κ1) is 16.1. The summed E-state index contributed by atoms with van der Waals surface area (Å²) in [6, 6.07) is 14.0. The van der Waals surface area contributed by atoms with Gasteiger partial charge in [0, 0.05) is 17.0 Å². The SMILES string of the molecule is Clc1ccc(-n2c(C3CCCC3)nc3cnc4ccccc4c32)cc1Cl. The van der Waals surface area contributed by atoms with Gasteiger partial charge in [0.1, 0.15) is 11.3 Å². The first-order valence-electron chi connectivity index (χ1n) is 8.94. The Morgan fingerprint density at radius 1 is 0.923 bits per heavy atom. The minimum atomic E-state index is 0.468. The van der Waals surface area contributed by atoms with Crippen LogP contribution in [0.1, 0.15) is 37.4 Å². The second-order valence-electron chi connectivity index (χ2n) is 6.89. The van der Waals surface area contributed by atoms with E-state index in [2.05, 4.69) is 15.6 Å². The van der Waals surface area contributed by atoms with Gasteiger partial charge in [0.25, 0.3) is 0 Å². The number of fused-ring (bicyclic) bond motifs is 3. The Balaban J connectivity index is 1.88. The lowest BCUT2D eigenvalue weighted by atomic mass is 10.1. The van der Waals surface area contributed by atoms with Crippen LogP contribution >= 0.6 is 23.2 Å². The van der Waals surface area contributed by atoms with Gasteiger partial charge in [-0.05, 0) is 37.1 Å². The average molecular weight is 382 g/mol. The highest BCUT2D eigenvalue weighted by atomic mass is 35.5. The molecule has 0 aliphatic heterocycles. The van der Waals surface area contributed by atoms with Crippen molar-refractivity contribution in [1.82, 2.24) is 14.5 Å². The van der Waals surface area contributed by atoms with Gasteiger partial charge in [-0.15, -0.1) is 0 Å². The van der Waals surface area contributed by atoms with Crippen LogP contribution in [-0.4, -0.2) is 14.5 Å². The first-order valence-corrected chi connectivity index (χ1v) is 9.69. The van der Waals surface area contributed by atoms with Crippen molar-refractivity contribution in [1.29, 1.82) is 0 Å². The van der Waals surface area contributed by atoms with Gasteiger partial charge in [-0.25, -0.2) is 4.98 Å². The van der Waals surface area contributed by atoms with Crippen LogP contribution in [0.4, 0.5) is 0 Å². The maximum atomic E-state index is 6.33. The van der Waals surface area contributed by atoms with Crippen LogP contribution in [0.25, 0.3) is 27.6 Å². The van der Waals surface area contributed by atoms with Crippen LogP contribution in [0.3, 0.4) is 0 Å². The number of imidazole rings is 1. The van der Waals surface area contributed by atoms with Crippen LogP contribution in [0, 0.1) is 0 Å². The third-order valence-electron chi connectivity index (χ3n) is 5.30. The highest BCUT2D eigenvalue weighted by molar-refractivity contribution is 6.42. The normalized spacial score (nSPS) is 15.3. The van der Waals surface area contributed by atoms with Crippen molar-refractivity contribution in [2.75, 3.05) is 0 Å². The lowest BCUT2D eigenvalue weighted by Gasteiger charge is -2.15. The highest BCUT2D eigenvalue weighted by Crippen LogP contribution is 2.38. The molecule has 0 unspecified atom stereocenters. The number of nitrogens with zero attached hydrogens (tertiary/aromatic N) is 3. The molecule has 4 aromatic rings. The van der Waals surface area contributed by atoms with E-state index in [1.54, 1.807) is 0 Å². The molecule has 130 valence electrons. The zero-order valence-electron chi connectivity index (χ0n) is 14.1. The van der Waals surface area contributed by atoms with Crippen molar-refractivity contribution in [2.45, 2.75) is 31.6 Å². The molecular weight excluding hydrogens is 365 g/mol. The fraction of sp³-hybridized carbons (Fsp3) is 0.238. The molecule has 0 spiro atoms. The molecule has 2 aromatic heterocycles. The van der Waals surface area contributed by atoms with E-state index < -0.39 is 0 Å². The summed E-state index contributed by atoms with van der Waals surface area (Å²) >= 11 is 12.5. The van der Waals surface area contributed by atoms with Crippen molar-refractivity contribution in [3.8, 4) is 5.69 Å². The molecule has 3 nitrogen and oxygen atoms in total. The summed E-state index contributed by atoms with van der Waals surface area (Å²) in [6.45, 7) is 0. The van der Waals surface area contributed by atoms with Gasteiger partial charge < -0.3 is 0 Å². The molecular formula is C21H17Cl2N3. The number of para-hydroxylation sites is 1. The Hall–Kier alpha value is -2.10. The zero-order valence-corrected chi connectivity index (χ0v) is 15.6. The minimum Gasteiger partial charge on any atom is -0.295 e. The molecule has 0 N–H and O–H groups in total. The van der Waals surface area contributed by atoms with E-state index >= 15 is 0 Å². The van der Waals surface area contributed by atoms with Gasteiger partial charge in [-0.2, -0.15) is 0 Å². The second kappa shape index (κ2) is 6.26. The molecule has 26 heavy (non-hydrogen) atoms. The summed E-state index contributed by atoms with van der Waals surface area (Å²) < 4.78 is 2.26. The summed E-state index contributed by atoms with van der Waals surface area (Å²) in [5.74, 6) is 1.57. The third-order valence-corrected chi connectivity index (χ3v) is 6.04. The van der Waals surface area contributed by atoms with Gasteiger partial charge in [0.05, 0.1) is 27.3 Å². The van der Waals surface area contributed by atoms with Gasteiger partial charge in [0.15, 0.2) is 0 Å². The topological polar surface area (TPSA) is 30.7 Å². The highest BCUT2D eigenvalue weighted by Gasteiger charge is 2.25. The third kappa shape index (κ3) is 2.50. The largest absolute Gasteiger partial charge is 0.295 e. The molecule has 1 aliphatic rings. The summed E-state index contributed by atoms with van der Waals surface area (Å²) in [6.07, 6.45) is 6.75. The van der Waals surface area contributed by atoms with Gasteiger partial charge >= 0.3 is 0 Å². The number of hydrogen-bond acceptors (Lipinski definition) is 2. The monoisotopic (exact) mass is 381 g/mol. The van der Waals surface area contributed by atoms with Crippen molar-refractivity contribution in [3.63, 3.8) is 0 Å². The van der Waals surface area contributed by atoms with E-state index in [9.17, 15) is 0 Å². The van der Waals surface area contributed by atoms with Gasteiger partial charge in [-0.3, -0.25) is 9.55 Å². The van der Waals surface area contributed by atoms with Crippen molar-refractivity contribution in [2.24, 2.45) is 0 Å². The first-order chi connectivity index (χ1) is 12.7. The van der Waals surface area contributed by atoms with E-state index in [4.69, 9.17) is 28.2 Å². The number of benzene rings is 2. The number of rotatable bonds is 2. The molecule has 2 heterocycles. The summed E-state index contributed by atoms with van der Waals surface area (Å²) in [7, 11) is 0. The number of aromatic nitrogens is 3. The predicted octanol–water partition coefficient (Wildman–Crippen LogP) is 6.54. The van der Waals surface area contributed by atoms with Crippen molar-refractivity contribution < 1.29 is 0 Å². The number of pyridine rings is 1. The maximum Gasteiger partial charge on any atom is 0.117 e. The molecule has 0 atom stereocenters. The fourth-order valence-corrected chi connectivity index (χ4v) is 4.36. The quantitative estimate of drug-likeness (QED) is 0.394. The molecule has 0 saturated heterocycles. The van der Waals surface area contributed by atoms with Crippen LogP contribution in [0.5, 0.6) is 0 Å². The van der Waals surface area contributed by atoms with Crippen LogP contribution in [0.15, 0.2) is 48.7 Å². The van der Waals surface area contributed by atoms with E-state index in [0.717, 1.165) is 33.4 Å². The average Bonchev–Trinajstić information content (AvgIpc) is 3.31. The summed E-state index contributed by atoms with van der Waals surface area (Å²) in [5.41, 5.74) is 3.99. The molecule has 0 amide bonds. The molecule has 1 aliphatic carbocycles. The second-order valence-corrected chi connectivity index (χ2v) is 7.71. The van der Waals surface area contributed by atoms with E-state index in [0.29, 0.717) is 16.0 Å². The molecule has 1 saturated carbocycles. The van der Waals surface area contributed by atoms with Crippen LogP contribution in [-0.2, 0) is 0 Å². The zero-order chi connectivity index (χ0) is 17.7. The lowest BCUT2D eigenvalue weighted by molar-refractivity contribution is 0.659. The Morgan fingerprint density at radius 3 is 2.54 bits per heavy atom. The number of hydrogen-bond donors (Lipinski definition) is 0. The van der Waals surface area contributed by atoms with E-state index in [-0.39, 0.29) is 0 Å². The standard InChI is InChI=1S/C21H17Cl2N3/c22-16-10-9-14(11-17(16)23)26-20-15-7-3-4-8-18(15)24-12-19(20)25-21(26)13-5-1-2-6-13/h3-4,7-13H,1-2,5-6H2. The molecule has 5 heteroatoms. The molecule has 2 aromatic carbocycles. The Morgan fingerprint density at radius 2 is 1.73 bits per heavy atom. The smallest absolute Gasteiger partial charge is 0.117 e. The lowest BCUT2D eigenvalue weighted by Crippen LogP contribution is -2.05. The van der Waals surface area contributed by atoms with Gasteiger partial charge in [-0.1, -0.05) is 54.2 Å². The molecule has 0 bridgehead atoms. The number of halogens is 2. The molecule has 0 radical (unpaired) electrons. The minimum absolute atomic E-state index is 0.468. The van der Waals surface area contributed by atoms with E-state index in [1.807, 2.05) is 42.6 Å². The Labute approximate surface area is 161 Å². The fourth-order valence-electron chi connectivity index (χ4n) is 4.06. The van der Waals surface area contributed by atoms with Crippen molar-refractivity contribution >= 4 is 45.1 Å².